The lowest BCUT2D eigenvalue weighted by Gasteiger charge is -2.14. The van der Waals surface area contributed by atoms with Gasteiger partial charge in [0, 0.05) is 0 Å². The van der Waals surface area contributed by atoms with Gasteiger partial charge in [-0.25, -0.2) is 0 Å². The van der Waals surface area contributed by atoms with Crippen LogP contribution in [-0.4, -0.2) is 17.7 Å². The van der Waals surface area contributed by atoms with Crippen molar-refractivity contribution in [1.82, 2.24) is 0 Å². The second-order valence-corrected chi connectivity index (χ2v) is 7.47. The summed E-state index contributed by atoms with van der Waals surface area (Å²) in [6, 6.07) is 6.35. The van der Waals surface area contributed by atoms with E-state index >= 15 is 0 Å². The highest BCUT2D eigenvalue weighted by atomic mass is 127. The number of hydrogen-bond acceptors (Lipinski definition) is 4. The van der Waals surface area contributed by atoms with Crippen LogP contribution >= 0.6 is 45.2 Å². The van der Waals surface area contributed by atoms with Crippen molar-refractivity contribution >= 4 is 51.2 Å². The summed E-state index contributed by atoms with van der Waals surface area (Å²) in [7, 11) is 0. The molecule has 0 unspecified atom stereocenters. The van der Waals surface area contributed by atoms with Gasteiger partial charge in [-0.2, -0.15) is 13.2 Å². The van der Waals surface area contributed by atoms with Crippen LogP contribution in [-0.2, 0) is 22.1 Å². The van der Waals surface area contributed by atoms with E-state index in [-0.39, 0.29) is 24.7 Å². The van der Waals surface area contributed by atoms with E-state index in [4.69, 9.17) is 9.47 Å². The Morgan fingerprint density at radius 1 is 1.15 bits per heavy atom. The van der Waals surface area contributed by atoms with Gasteiger partial charge >= 0.3 is 12.1 Å². The van der Waals surface area contributed by atoms with Crippen LogP contribution in [0.15, 0.2) is 30.3 Å². The number of alkyl halides is 3. The van der Waals surface area contributed by atoms with E-state index in [1.807, 2.05) is 45.2 Å². The van der Waals surface area contributed by atoms with Gasteiger partial charge in [-0.1, -0.05) is 0 Å². The van der Waals surface area contributed by atoms with Crippen molar-refractivity contribution in [2.24, 2.45) is 0 Å². The minimum Gasteiger partial charge on any atom is -0.507 e. The quantitative estimate of drug-likeness (QED) is 0.368. The number of benzene rings is 2. The van der Waals surface area contributed by atoms with Crippen LogP contribution in [0.4, 0.5) is 13.2 Å². The number of phenolic OH excluding ortho intramolecular Hbond substituents is 1. The molecule has 0 atom stereocenters. The Morgan fingerprint density at radius 3 is 2.31 bits per heavy atom. The highest BCUT2D eigenvalue weighted by Gasteiger charge is 2.34. The molecular formula is C17H13F3I2O4. The molecule has 0 saturated heterocycles. The molecule has 0 spiro atoms. The van der Waals surface area contributed by atoms with Crippen molar-refractivity contribution in [3.63, 3.8) is 0 Å². The van der Waals surface area contributed by atoms with E-state index in [1.54, 1.807) is 19.1 Å². The zero-order valence-corrected chi connectivity index (χ0v) is 17.7. The van der Waals surface area contributed by atoms with Gasteiger partial charge in [-0.3, -0.25) is 4.79 Å². The van der Waals surface area contributed by atoms with E-state index in [9.17, 15) is 23.1 Å². The van der Waals surface area contributed by atoms with E-state index in [0.29, 0.717) is 18.5 Å². The molecule has 26 heavy (non-hydrogen) atoms. The first-order chi connectivity index (χ1) is 12.1. The number of ether oxygens (including phenoxy) is 2. The van der Waals surface area contributed by atoms with Crippen LogP contribution in [0.3, 0.4) is 0 Å². The Hall–Kier alpha value is -1.24. The number of hydrogen-bond donors (Lipinski definition) is 1. The smallest absolute Gasteiger partial charge is 0.420 e. The van der Waals surface area contributed by atoms with Crippen LogP contribution in [0.1, 0.15) is 18.1 Å². The predicted octanol–water partition coefficient (Wildman–Crippen LogP) is 5.52. The molecule has 0 fully saturated rings. The molecule has 4 nitrogen and oxygen atoms in total. The molecule has 0 aliphatic heterocycles. The van der Waals surface area contributed by atoms with Crippen LogP contribution in [0.5, 0.6) is 17.2 Å². The predicted molar refractivity (Wildman–Crippen MR) is 105 cm³/mol. The van der Waals surface area contributed by atoms with Crippen LogP contribution in [0.25, 0.3) is 0 Å². The van der Waals surface area contributed by atoms with Crippen molar-refractivity contribution in [3.8, 4) is 17.2 Å². The summed E-state index contributed by atoms with van der Waals surface area (Å²) >= 11 is 3.97. The van der Waals surface area contributed by atoms with Crippen LogP contribution in [0, 0.1) is 7.14 Å². The number of aromatic hydroxyl groups is 1. The zero-order chi connectivity index (χ0) is 19.5. The molecular weight excluding hydrogens is 579 g/mol. The van der Waals surface area contributed by atoms with Gasteiger partial charge in [0.15, 0.2) is 5.75 Å². The molecule has 0 radical (unpaired) electrons. The first-order valence-electron chi connectivity index (χ1n) is 7.33. The number of rotatable bonds is 5. The van der Waals surface area contributed by atoms with Gasteiger partial charge in [0.05, 0.1) is 20.2 Å². The zero-order valence-electron chi connectivity index (χ0n) is 13.4. The molecule has 1 N–H and O–H groups in total. The fourth-order valence-corrected chi connectivity index (χ4v) is 4.23. The van der Waals surface area contributed by atoms with E-state index < -0.39 is 17.5 Å². The van der Waals surface area contributed by atoms with Gasteiger partial charge < -0.3 is 14.6 Å². The normalized spacial score (nSPS) is 11.3. The average Bonchev–Trinajstić information content (AvgIpc) is 2.51. The Labute approximate surface area is 175 Å². The first-order valence-corrected chi connectivity index (χ1v) is 9.49. The SMILES string of the molecule is CCOC(=O)Cc1cc(I)c(Oc2ccc(O)c(C(F)(F)F)c2)c(I)c1. The Morgan fingerprint density at radius 2 is 1.77 bits per heavy atom. The van der Waals surface area contributed by atoms with Gasteiger partial charge in [-0.05, 0) is 88.0 Å². The fourth-order valence-electron chi connectivity index (χ4n) is 2.11. The number of halogens is 5. The van der Waals surface area contributed by atoms with Crippen LogP contribution < -0.4 is 4.74 Å². The lowest BCUT2D eigenvalue weighted by molar-refractivity contribution is -0.142. The number of carbonyl (C=O) groups is 1. The molecule has 0 aliphatic carbocycles. The number of phenols is 1. The lowest BCUT2D eigenvalue weighted by atomic mass is 10.1. The second-order valence-electron chi connectivity index (χ2n) is 5.15. The van der Waals surface area contributed by atoms with E-state index in [1.165, 1.54) is 6.07 Å². The third-order valence-electron chi connectivity index (χ3n) is 3.21. The Bertz CT molecular complexity index is 799. The molecule has 9 heteroatoms. The van der Waals surface area contributed by atoms with Crippen LogP contribution in [0.2, 0.25) is 0 Å². The molecule has 0 saturated carbocycles. The largest absolute Gasteiger partial charge is 0.507 e. The summed E-state index contributed by atoms with van der Waals surface area (Å²) in [6.07, 6.45) is -4.59. The van der Waals surface area contributed by atoms with Crippen molar-refractivity contribution in [1.29, 1.82) is 0 Å². The minimum atomic E-state index is -4.69. The van der Waals surface area contributed by atoms with Gasteiger partial charge in [-0.15, -0.1) is 0 Å². The first kappa shape index (κ1) is 21.1. The highest BCUT2D eigenvalue weighted by Crippen LogP contribution is 2.40. The molecule has 0 amide bonds. The topological polar surface area (TPSA) is 55.8 Å². The van der Waals surface area contributed by atoms with Gasteiger partial charge in [0.1, 0.15) is 17.1 Å². The highest BCUT2D eigenvalue weighted by molar-refractivity contribution is 14.1. The average molecular weight is 592 g/mol. The maximum absolute atomic E-state index is 12.9. The summed E-state index contributed by atoms with van der Waals surface area (Å²) < 4.78 is 50.5. The van der Waals surface area contributed by atoms with Gasteiger partial charge in [0.2, 0.25) is 0 Å². The molecule has 2 aromatic carbocycles. The van der Waals surface area contributed by atoms with Crippen molar-refractivity contribution in [3.05, 3.63) is 48.6 Å². The summed E-state index contributed by atoms with van der Waals surface area (Å²) in [5.41, 5.74) is -0.453. The number of carbonyl (C=O) groups excluding carboxylic acids is 1. The molecule has 0 aliphatic rings. The number of esters is 1. The summed E-state index contributed by atoms with van der Waals surface area (Å²) in [5, 5.41) is 9.39. The molecule has 140 valence electrons. The fraction of sp³-hybridized carbons (Fsp3) is 0.235. The maximum atomic E-state index is 12.9. The standard InChI is InChI=1S/C17H13F3I2O4/c1-2-25-15(24)7-9-5-12(21)16(13(22)6-9)26-10-3-4-14(23)11(8-10)17(18,19)20/h3-6,8,23H,2,7H2,1H3. The summed E-state index contributed by atoms with van der Waals surface area (Å²) in [6.45, 7) is 2.01. The van der Waals surface area contributed by atoms with Crippen molar-refractivity contribution in [2.45, 2.75) is 19.5 Å². The third-order valence-corrected chi connectivity index (χ3v) is 4.81. The van der Waals surface area contributed by atoms with Crippen molar-refractivity contribution < 1.29 is 32.5 Å². The van der Waals surface area contributed by atoms with E-state index in [0.717, 1.165) is 12.1 Å². The molecule has 0 aromatic heterocycles. The molecule has 2 rings (SSSR count). The minimum absolute atomic E-state index is 0.0518. The summed E-state index contributed by atoms with van der Waals surface area (Å²) in [4.78, 5) is 11.6. The summed E-state index contributed by atoms with van der Waals surface area (Å²) in [5.74, 6) is -0.901. The van der Waals surface area contributed by atoms with Gasteiger partial charge in [0.25, 0.3) is 0 Å². The maximum Gasteiger partial charge on any atom is 0.420 e. The lowest BCUT2D eigenvalue weighted by Crippen LogP contribution is -2.08. The monoisotopic (exact) mass is 592 g/mol. The van der Waals surface area contributed by atoms with E-state index in [2.05, 4.69) is 0 Å². The second kappa shape index (κ2) is 8.63. The Kier molecular flexibility index (Phi) is 6.99. The third kappa shape index (κ3) is 5.38. The molecule has 0 bridgehead atoms. The molecule has 0 heterocycles. The molecule has 2 aromatic rings. The van der Waals surface area contributed by atoms with Crippen molar-refractivity contribution in [2.75, 3.05) is 6.61 Å². The Balaban J connectivity index is 2.29.